The predicted octanol–water partition coefficient (Wildman–Crippen LogP) is 2.09. The Morgan fingerprint density at radius 2 is 1.94 bits per heavy atom. The van der Waals surface area contributed by atoms with Crippen molar-refractivity contribution in [2.24, 2.45) is 0 Å². The van der Waals surface area contributed by atoms with Crippen LogP contribution >= 0.6 is 10.7 Å². The molecule has 1 aromatic carbocycles. The summed E-state index contributed by atoms with van der Waals surface area (Å²) in [6.07, 6.45) is -5.17. The van der Waals surface area contributed by atoms with Crippen LogP contribution in [0.4, 0.5) is 13.2 Å². The maximum Gasteiger partial charge on any atom is 0.573 e. The first-order valence-electron chi connectivity index (χ1n) is 4.02. The molecule has 0 heterocycles. The molecule has 0 aliphatic rings. The van der Waals surface area contributed by atoms with Crippen molar-refractivity contribution in [3.63, 3.8) is 0 Å². The van der Waals surface area contributed by atoms with Crippen LogP contribution in [0, 0.1) is 11.3 Å². The number of phenols is 1. The normalized spacial score (nSPS) is 11.9. The van der Waals surface area contributed by atoms with Gasteiger partial charge in [0, 0.05) is 22.8 Å². The van der Waals surface area contributed by atoms with Gasteiger partial charge >= 0.3 is 6.36 Å². The van der Waals surface area contributed by atoms with Gasteiger partial charge in [-0.3, -0.25) is 0 Å². The van der Waals surface area contributed by atoms with E-state index in [0.29, 0.717) is 12.1 Å². The molecule has 1 N–H and O–H groups in total. The Morgan fingerprint density at radius 3 is 2.33 bits per heavy atom. The van der Waals surface area contributed by atoms with Gasteiger partial charge in [0.2, 0.25) is 0 Å². The molecular weight excluding hydrogens is 299 g/mol. The maximum absolute atomic E-state index is 12.0. The summed E-state index contributed by atoms with van der Waals surface area (Å²) < 4.78 is 61.6. The molecule has 0 atom stereocenters. The molecule has 0 bridgehead atoms. The number of halogens is 4. The summed E-state index contributed by atoms with van der Waals surface area (Å²) in [5.41, 5.74) is -0.585. The van der Waals surface area contributed by atoms with E-state index in [0.717, 1.165) is 0 Å². The van der Waals surface area contributed by atoms with Crippen molar-refractivity contribution in [3.8, 4) is 17.6 Å². The van der Waals surface area contributed by atoms with Gasteiger partial charge in [-0.25, -0.2) is 8.42 Å². The first-order chi connectivity index (χ1) is 8.04. The van der Waals surface area contributed by atoms with Crippen LogP contribution < -0.4 is 4.74 Å². The zero-order chi connectivity index (χ0) is 14.1. The molecule has 0 amide bonds. The van der Waals surface area contributed by atoms with Crippen LogP contribution in [0.5, 0.6) is 11.5 Å². The monoisotopic (exact) mass is 301 g/mol. The van der Waals surface area contributed by atoms with E-state index in [1.807, 2.05) is 0 Å². The van der Waals surface area contributed by atoms with E-state index in [-0.39, 0.29) is 0 Å². The molecule has 5 nitrogen and oxygen atoms in total. The van der Waals surface area contributed by atoms with Gasteiger partial charge in [-0.15, -0.1) is 13.2 Å². The number of ether oxygens (including phenoxy) is 1. The molecular formula is C8H3ClF3NO4S. The molecule has 0 aliphatic carbocycles. The minimum absolute atomic E-state index is 0.405. The van der Waals surface area contributed by atoms with E-state index in [4.69, 9.17) is 15.9 Å². The predicted molar refractivity (Wildman–Crippen MR) is 52.5 cm³/mol. The summed E-state index contributed by atoms with van der Waals surface area (Å²) in [4.78, 5) is -1.09. The van der Waals surface area contributed by atoms with Crippen molar-refractivity contribution in [1.82, 2.24) is 0 Å². The van der Waals surface area contributed by atoms with E-state index in [9.17, 15) is 26.7 Å². The van der Waals surface area contributed by atoms with Crippen LogP contribution in [0.1, 0.15) is 5.56 Å². The van der Waals surface area contributed by atoms with Gasteiger partial charge in [-0.2, -0.15) is 5.26 Å². The van der Waals surface area contributed by atoms with Gasteiger partial charge in [0.05, 0.1) is 5.56 Å². The van der Waals surface area contributed by atoms with Gasteiger partial charge in [0.15, 0.2) is 5.75 Å². The zero-order valence-electron chi connectivity index (χ0n) is 8.19. The Hall–Kier alpha value is -1.66. The Morgan fingerprint density at radius 1 is 1.39 bits per heavy atom. The lowest BCUT2D eigenvalue weighted by atomic mass is 10.2. The molecule has 18 heavy (non-hydrogen) atoms. The number of hydrogen-bond donors (Lipinski definition) is 1. The molecule has 0 saturated carbocycles. The smallest absolute Gasteiger partial charge is 0.507 e. The number of benzene rings is 1. The van der Waals surface area contributed by atoms with Crippen molar-refractivity contribution in [2.75, 3.05) is 0 Å². The lowest BCUT2D eigenvalue weighted by Crippen LogP contribution is -2.18. The minimum Gasteiger partial charge on any atom is -0.507 e. The summed E-state index contributed by atoms with van der Waals surface area (Å²) >= 11 is 0. The van der Waals surface area contributed by atoms with Crippen molar-refractivity contribution in [1.29, 1.82) is 5.26 Å². The Bertz CT molecular complexity index is 620. The van der Waals surface area contributed by atoms with E-state index in [1.165, 1.54) is 6.07 Å². The van der Waals surface area contributed by atoms with Crippen LogP contribution in [-0.4, -0.2) is 19.9 Å². The van der Waals surface area contributed by atoms with Crippen molar-refractivity contribution >= 4 is 19.7 Å². The van der Waals surface area contributed by atoms with Gasteiger partial charge in [-0.1, -0.05) is 0 Å². The number of aromatic hydroxyl groups is 1. The van der Waals surface area contributed by atoms with Gasteiger partial charge in [0.1, 0.15) is 16.7 Å². The Labute approximate surface area is 103 Å². The van der Waals surface area contributed by atoms with Crippen LogP contribution in [0.3, 0.4) is 0 Å². The number of alkyl halides is 3. The highest BCUT2D eigenvalue weighted by atomic mass is 35.7. The highest BCUT2D eigenvalue weighted by Crippen LogP contribution is 2.36. The topological polar surface area (TPSA) is 87.4 Å². The standard InChI is InChI=1S/C8H3ClF3NO4S/c9-18(15,16)7-2-5(14)4(3-13)1-6(7)17-8(10,11)12/h1-2,14H. The highest BCUT2D eigenvalue weighted by Gasteiger charge is 2.34. The number of rotatable bonds is 2. The Balaban J connectivity index is 3.52. The SMILES string of the molecule is N#Cc1cc(OC(F)(F)F)c(S(=O)(=O)Cl)cc1O. The van der Waals surface area contributed by atoms with Crippen LogP contribution in [-0.2, 0) is 9.05 Å². The van der Waals surface area contributed by atoms with Crippen LogP contribution in [0.15, 0.2) is 17.0 Å². The average molecular weight is 302 g/mol. The minimum atomic E-state index is -5.17. The van der Waals surface area contributed by atoms with Crippen molar-refractivity contribution in [2.45, 2.75) is 11.3 Å². The quantitative estimate of drug-likeness (QED) is 0.845. The molecule has 0 aliphatic heterocycles. The lowest BCUT2D eigenvalue weighted by Gasteiger charge is -2.12. The first kappa shape index (κ1) is 14.4. The molecule has 0 unspecified atom stereocenters. The fraction of sp³-hybridized carbons (Fsp3) is 0.125. The molecule has 0 radical (unpaired) electrons. The van der Waals surface area contributed by atoms with Gasteiger partial charge < -0.3 is 9.84 Å². The number of hydrogen-bond acceptors (Lipinski definition) is 5. The van der Waals surface area contributed by atoms with Crippen molar-refractivity contribution in [3.05, 3.63) is 17.7 Å². The second-order valence-corrected chi connectivity index (χ2v) is 5.45. The van der Waals surface area contributed by atoms with E-state index in [1.54, 1.807) is 0 Å². The van der Waals surface area contributed by atoms with Gasteiger partial charge in [0.25, 0.3) is 9.05 Å². The fourth-order valence-electron chi connectivity index (χ4n) is 1.03. The third kappa shape index (κ3) is 3.41. The molecule has 1 rings (SSSR count). The largest absolute Gasteiger partial charge is 0.573 e. The number of phenolic OH excluding ortho intramolecular Hbond substituents is 1. The second-order valence-electron chi connectivity index (χ2n) is 2.91. The molecule has 10 heteroatoms. The Kier molecular flexibility index (Phi) is 3.64. The summed E-state index contributed by atoms with van der Waals surface area (Å²) in [7, 11) is 0.315. The molecule has 0 aromatic heterocycles. The third-order valence-corrected chi connectivity index (χ3v) is 3.01. The molecule has 0 fully saturated rings. The van der Waals surface area contributed by atoms with Crippen LogP contribution in [0.25, 0.3) is 0 Å². The fourth-order valence-corrected chi connectivity index (χ4v) is 1.99. The average Bonchev–Trinajstić information content (AvgIpc) is 2.16. The molecule has 0 spiro atoms. The molecule has 98 valence electrons. The van der Waals surface area contributed by atoms with E-state index < -0.39 is 37.4 Å². The second kappa shape index (κ2) is 4.55. The van der Waals surface area contributed by atoms with Gasteiger partial charge in [-0.05, 0) is 0 Å². The lowest BCUT2D eigenvalue weighted by molar-refractivity contribution is -0.275. The third-order valence-electron chi connectivity index (χ3n) is 1.67. The summed E-state index contributed by atoms with van der Waals surface area (Å²) in [5.74, 6) is -2.02. The van der Waals surface area contributed by atoms with E-state index >= 15 is 0 Å². The zero-order valence-corrected chi connectivity index (χ0v) is 9.77. The van der Waals surface area contributed by atoms with Crippen LogP contribution in [0.2, 0.25) is 0 Å². The van der Waals surface area contributed by atoms with E-state index in [2.05, 4.69) is 4.74 Å². The number of nitriles is 1. The molecule has 0 saturated heterocycles. The summed E-state index contributed by atoms with van der Waals surface area (Å²) in [6.45, 7) is 0. The first-order valence-corrected chi connectivity index (χ1v) is 6.33. The van der Waals surface area contributed by atoms with Crippen molar-refractivity contribution < 1.29 is 31.4 Å². The highest BCUT2D eigenvalue weighted by molar-refractivity contribution is 8.13. The molecule has 1 aromatic rings. The summed E-state index contributed by atoms with van der Waals surface area (Å²) in [6, 6.07) is 2.20. The summed E-state index contributed by atoms with van der Waals surface area (Å²) in [5, 5.41) is 17.7. The number of nitrogens with zero attached hydrogens (tertiary/aromatic N) is 1. The maximum atomic E-state index is 12.0.